The standard InChI is InChI=1S/C21H28O6/c1-20-5-4-11(24)6-15(20)16(25)7-12-13-2-3-14(18(27)9-22)21(13,10-23)8-17(26)19(12)20/h6,10,12-14,16-17,19,22,25-26H,2-5,7-9H2,1H3/t12-,13-,14+,16?,17-,19+,20-,21+/m0/s1. The van der Waals surface area contributed by atoms with Crippen LogP contribution in [0.4, 0.5) is 0 Å². The first-order chi connectivity index (χ1) is 12.8. The van der Waals surface area contributed by atoms with Crippen LogP contribution in [0.25, 0.3) is 0 Å². The van der Waals surface area contributed by atoms with Crippen molar-refractivity contribution in [3.8, 4) is 0 Å². The van der Waals surface area contributed by atoms with Gasteiger partial charge in [-0.3, -0.25) is 9.59 Å². The van der Waals surface area contributed by atoms with Gasteiger partial charge in [0.25, 0.3) is 0 Å². The zero-order chi connectivity index (χ0) is 19.6. The number of carbonyl (C=O) groups excluding carboxylic acids is 3. The summed E-state index contributed by atoms with van der Waals surface area (Å²) in [5.41, 5.74) is -0.704. The number of fused-ring (bicyclic) bond motifs is 5. The van der Waals surface area contributed by atoms with Crippen LogP contribution in [0.5, 0.6) is 0 Å². The van der Waals surface area contributed by atoms with Gasteiger partial charge in [0.05, 0.1) is 12.2 Å². The molecule has 0 aromatic carbocycles. The molecule has 3 saturated carbocycles. The SMILES string of the molecule is C[C@]12CCC(=O)C=C1C(O)C[C@@H]1[C@@H]2[C@@H](O)C[C@]2(C=O)[C@@H](C(=O)CO)CC[C@@H]12. The molecule has 0 heterocycles. The Labute approximate surface area is 158 Å². The quantitative estimate of drug-likeness (QED) is 0.629. The summed E-state index contributed by atoms with van der Waals surface area (Å²) in [6, 6.07) is 0. The number of aliphatic hydroxyl groups is 3. The Hall–Kier alpha value is -1.37. The number of hydrogen-bond acceptors (Lipinski definition) is 6. The van der Waals surface area contributed by atoms with Crippen LogP contribution in [-0.2, 0) is 14.4 Å². The molecule has 3 fully saturated rings. The van der Waals surface area contributed by atoms with E-state index in [0.29, 0.717) is 32.1 Å². The molecule has 0 spiro atoms. The molecule has 1 unspecified atom stereocenters. The second kappa shape index (κ2) is 6.33. The molecule has 0 aromatic rings. The molecule has 4 rings (SSSR count). The number of rotatable bonds is 3. The molecule has 148 valence electrons. The summed E-state index contributed by atoms with van der Waals surface area (Å²) in [5, 5.41) is 31.3. The molecule has 8 atom stereocenters. The lowest BCUT2D eigenvalue weighted by Gasteiger charge is -2.60. The van der Waals surface area contributed by atoms with Gasteiger partial charge in [0.1, 0.15) is 12.9 Å². The molecule has 0 amide bonds. The van der Waals surface area contributed by atoms with Crippen LogP contribution in [0.3, 0.4) is 0 Å². The fourth-order valence-corrected chi connectivity index (χ4v) is 7.23. The van der Waals surface area contributed by atoms with Crippen molar-refractivity contribution in [2.24, 2.45) is 34.5 Å². The van der Waals surface area contributed by atoms with Gasteiger partial charge >= 0.3 is 0 Å². The Balaban J connectivity index is 1.77. The van der Waals surface area contributed by atoms with Crippen molar-refractivity contribution in [3.63, 3.8) is 0 Å². The summed E-state index contributed by atoms with van der Waals surface area (Å²) in [7, 11) is 0. The van der Waals surface area contributed by atoms with Crippen molar-refractivity contribution in [3.05, 3.63) is 11.6 Å². The number of ketones is 2. The molecule has 0 aliphatic heterocycles. The lowest BCUT2D eigenvalue weighted by molar-refractivity contribution is -0.162. The van der Waals surface area contributed by atoms with Gasteiger partial charge in [0, 0.05) is 17.8 Å². The first kappa shape index (κ1) is 19.0. The molecule has 27 heavy (non-hydrogen) atoms. The van der Waals surface area contributed by atoms with E-state index in [2.05, 4.69) is 0 Å². The Kier molecular flexibility index (Phi) is 4.44. The van der Waals surface area contributed by atoms with Crippen molar-refractivity contribution < 1.29 is 29.7 Å². The first-order valence-corrected chi connectivity index (χ1v) is 9.99. The Morgan fingerprint density at radius 1 is 1.33 bits per heavy atom. The Bertz CT molecular complexity index is 713. The van der Waals surface area contributed by atoms with Crippen LogP contribution in [0.2, 0.25) is 0 Å². The van der Waals surface area contributed by atoms with E-state index in [4.69, 9.17) is 0 Å². The minimum Gasteiger partial charge on any atom is -0.393 e. The maximum atomic E-state index is 12.3. The predicted octanol–water partition coefficient (Wildman–Crippen LogP) is 0.816. The fourth-order valence-electron chi connectivity index (χ4n) is 7.23. The Morgan fingerprint density at radius 3 is 2.74 bits per heavy atom. The molecule has 0 radical (unpaired) electrons. The molecule has 0 bridgehead atoms. The van der Waals surface area contributed by atoms with E-state index >= 15 is 0 Å². The lowest BCUT2D eigenvalue weighted by Crippen LogP contribution is -2.60. The summed E-state index contributed by atoms with van der Waals surface area (Å²) < 4.78 is 0. The second-order valence-corrected chi connectivity index (χ2v) is 9.29. The normalized spacial score (nSPS) is 48.9. The molecule has 0 aromatic heterocycles. The van der Waals surface area contributed by atoms with Crippen molar-refractivity contribution in [2.75, 3.05) is 6.61 Å². The maximum Gasteiger partial charge on any atom is 0.162 e. The highest BCUT2D eigenvalue weighted by atomic mass is 16.3. The minimum absolute atomic E-state index is 0.0157. The monoisotopic (exact) mass is 376 g/mol. The van der Waals surface area contributed by atoms with Gasteiger partial charge in [-0.2, -0.15) is 0 Å². The molecular formula is C21H28O6. The van der Waals surface area contributed by atoms with Crippen LogP contribution in [0.15, 0.2) is 11.6 Å². The van der Waals surface area contributed by atoms with Gasteiger partial charge in [-0.05, 0) is 66.9 Å². The molecular weight excluding hydrogens is 348 g/mol. The van der Waals surface area contributed by atoms with Crippen LogP contribution in [-0.4, -0.2) is 52.0 Å². The minimum atomic E-state index is -0.956. The fraction of sp³-hybridized carbons (Fsp3) is 0.762. The van der Waals surface area contributed by atoms with Gasteiger partial charge in [-0.15, -0.1) is 0 Å². The smallest absolute Gasteiger partial charge is 0.162 e. The van der Waals surface area contributed by atoms with E-state index in [-0.39, 0.29) is 35.7 Å². The average molecular weight is 376 g/mol. The highest BCUT2D eigenvalue weighted by Crippen LogP contribution is 2.66. The topological polar surface area (TPSA) is 112 Å². The summed E-state index contributed by atoms with van der Waals surface area (Å²) in [6.45, 7) is 1.43. The maximum absolute atomic E-state index is 12.3. The first-order valence-electron chi connectivity index (χ1n) is 9.99. The van der Waals surface area contributed by atoms with Crippen molar-refractivity contribution in [2.45, 2.75) is 57.7 Å². The zero-order valence-electron chi connectivity index (χ0n) is 15.6. The highest BCUT2D eigenvalue weighted by Gasteiger charge is 2.65. The third kappa shape index (κ3) is 2.46. The van der Waals surface area contributed by atoms with Crippen LogP contribution >= 0.6 is 0 Å². The summed E-state index contributed by atoms with van der Waals surface area (Å²) in [4.78, 5) is 36.5. The zero-order valence-corrected chi connectivity index (χ0v) is 15.6. The van der Waals surface area contributed by atoms with E-state index in [0.717, 1.165) is 11.9 Å². The largest absolute Gasteiger partial charge is 0.393 e. The van der Waals surface area contributed by atoms with Gasteiger partial charge in [-0.1, -0.05) is 6.92 Å². The van der Waals surface area contributed by atoms with Crippen LogP contribution < -0.4 is 0 Å². The molecule has 4 aliphatic rings. The highest BCUT2D eigenvalue weighted by molar-refractivity contribution is 5.92. The summed E-state index contributed by atoms with van der Waals surface area (Å²) in [6.07, 6.45) is 3.68. The Morgan fingerprint density at radius 2 is 2.07 bits per heavy atom. The predicted molar refractivity (Wildman–Crippen MR) is 95.5 cm³/mol. The van der Waals surface area contributed by atoms with Gasteiger partial charge in [0.2, 0.25) is 0 Å². The second-order valence-electron chi connectivity index (χ2n) is 9.29. The summed E-state index contributed by atoms with van der Waals surface area (Å²) in [5.74, 6) is -1.18. The van der Waals surface area contributed by atoms with Gasteiger partial charge in [-0.25, -0.2) is 0 Å². The van der Waals surface area contributed by atoms with Crippen LogP contribution in [0, 0.1) is 34.5 Å². The van der Waals surface area contributed by atoms with Crippen LogP contribution in [0.1, 0.15) is 45.4 Å². The van der Waals surface area contributed by atoms with E-state index in [1.807, 2.05) is 6.92 Å². The number of carbonyl (C=O) groups is 3. The summed E-state index contributed by atoms with van der Waals surface area (Å²) >= 11 is 0. The number of hydrogen-bond donors (Lipinski definition) is 3. The van der Waals surface area contributed by atoms with Gasteiger partial charge in [0.15, 0.2) is 11.6 Å². The van der Waals surface area contributed by atoms with Crippen molar-refractivity contribution in [1.82, 2.24) is 0 Å². The van der Waals surface area contributed by atoms with Gasteiger partial charge < -0.3 is 20.1 Å². The van der Waals surface area contributed by atoms with E-state index in [1.165, 1.54) is 0 Å². The van der Waals surface area contributed by atoms with E-state index in [9.17, 15) is 29.7 Å². The molecule has 3 N–H and O–H groups in total. The van der Waals surface area contributed by atoms with E-state index < -0.39 is 35.6 Å². The number of Topliss-reactive ketones (excluding diaryl/α,β-unsaturated/α-hetero) is 1. The lowest BCUT2D eigenvalue weighted by atomic mass is 9.45. The molecule has 6 heteroatoms. The van der Waals surface area contributed by atoms with Crippen molar-refractivity contribution >= 4 is 17.9 Å². The molecule has 4 aliphatic carbocycles. The number of aliphatic hydroxyl groups excluding tert-OH is 3. The molecule has 6 nitrogen and oxygen atoms in total. The number of aldehydes is 1. The third-order valence-corrected chi connectivity index (χ3v) is 8.28. The van der Waals surface area contributed by atoms with Crippen molar-refractivity contribution in [1.29, 1.82) is 0 Å². The average Bonchev–Trinajstić information content (AvgIpc) is 3.02. The van der Waals surface area contributed by atoms with E-state index in [1.54, 1.807) is 6.08 Å². The molecule has 0 saturated heterocycles. The third-order valence-electron chi connectivity index (χ3n) is 8.28.